The molecule has 1 aliphatic carbocycles. The smallest absolute Gasteiger partial charge is 0.120 e. The van der Waals surface area contributed by atoms with E-state index in [2.05, 4.69) is 35.0 Å². The number of hydrogen-bond acceptors (Lipinski definition) is 1. The molecule has 106 valence electrons. The molecule has 0 aliphatic heterocycles. The van der Waals surface area contributed by atoms with Crippen molar-refractivity contribution in [1.82, 2.24) is 0 Å². The summed E-state index contributed by atoms with van der Waals surface area (Å²) in [6.07, 6.45) is 9.66. The summed E-state index contributed by atoms with van der Waals surface area (Å²) in [5.74, 6) is 2.62. The highest BCUT2D eigenvalue weighted by Gasteiger charge is 2.23. The Kier molecular flexibility index (Phi) is 6.22. The van der Waals surface area contributed by atoms with E-state index in [1.807, 2.05) is 12.1 Å². The van der Waals surface area contributed by atoms with Crippen LogP contribution >= 0.6 is 15.9 Å². The molecular formula is C17H25BrO. The molecule has 0 aromatic heterocycles. The fourth-order valence-corrected chi connectivity index (χ4v) is 3.57. The summed E-state index contributed by atoms with van der Waals surface area (Å²) in [7, 11) is 0. The summed E-state index contributed by atoms with van der Waals surface area (Å²) in [4.78, 5) is 0. The van der Waals surface area contributed by atoms with Crippen LogP contribution in [0.5, 0.6) is 5.75 Å². The van der Waals surface area contributed by atoms with Crippen LogP contribution in [0.1, 0.15) is 51.9 Å². The summed E-state index contributed by atoms with van der Waals surface area (Å²) >= 11 is 3.50. The van der Waals surface area contributed by atoms with Crippen LogP contribution in [0.15, 0.2) is 28.7 Å². The molecule has 1 aromatic rings. The standard InChI is InChI=1S/C17H25BrO/c1-2-7-15(14-8-4-3-5-9-14)13-19-17-11-6-10-16(18)12-17/h6,10-12,14-15H,2-5,7-9,13H2,1H3. The highest BCUT2D eigenvalue weighted by Crippen LogP contribution is 2.33. The van der Waals surface area contributed by atoms with Crippen molar-refractivity contribution in [1.29, 1.82) is 0 Å². The predicted octanol–water partition coefficient (Wildman–Crippen LogP) is 5.82. The van der Waals surface area contributed by atoms with Crippen LogP contribution in [0.25, 0.3) is 0 Å². The van der Waals surface area contributed by atoms with Crippen molar-refractivity contribution in [2.45, 2.75) is 51.9 Å². The van der Waals surface area contributed by atoms with Gasteiger partial charge in [0.25, 0.3) is 0 Å². The lowest BCUT2D eigenvalue weighted by atomic mass is 9.78. The van der Waals surface area contributed by atoms with E-state index in [0.29, 0.717) is 0 Å². The van der Waals surface area contributed by atoms with E-state index in [-0.39, 0.29) is 0 Å². The Labute approximate surface area is 125 Å². The summed E-state index contributed by atoms with van der Waals surface area (Å²) in [6.45, 7) is 3.17. The molecular weight excluding hydrogens is 300 g/mol. The zero-order valence-corrected chi connectivity index (χ0v) is 13.5. The molecule has 1 nitrogen and oxygen atoms in total. The second kappa shape index (κ2) is 7.94. The lowest BCUT2D eigenvalue weighted by Gasteiger charge is -2.30. The van der Waals surface area contributed by atoms with E-state index < -0.39 is 0 Å². The molecule has 1 saturated carbocycles. The van der Waals surface area contributed by atoms with Crippen LogP contribution in [-0.2, 0) is 0 Å². The molecule has 2 rings (SSSR count). The third kappa shape index (κ3) is 4.83. The van der Waals surface area contributed by atoms with E-state index in [4.69, 9.17) is 4.74 Å². The molecule has 0 spiro atoms. The van der Waals surface area contributed by atoms with E-state index in [0.717, 1.165) is 28.7 Å². The third-order valence-electron chi connectivity index (χ3n) is 4.24. The van der Waals surface area contributed by atoms with Crippen molar-refractivity contribution in [2.24, 2.45) is 11.8 Å². The Bertz CT molecular complexity index is 371. The Hall–Kier alpha value is -0.500. The Morgan fingerprint density at radius 2 is 2.05 bits per heavy atom. The number of ether oxygens (including phenoxy) is 1. The van der Waals surface area contributed by atoms with Crippen LogP contribution in [-0.4, -0.2) is 6.61 Å². The van der Waals surface area contributed by atoms with Crippen molar-refractivity contribution < 1.29 is 4.74 Å². The quantitative estimate of drug-likeness (QED) is 0.640. The molecule has 1 unspecified atom stereocenters. The van der Waals surface area contributed by atoms with Gasteiger partial charge in [-0.3, -0.25) is 0 Å². The van der Waals surface area contributed by atoms with E-state index >= 15 is 0 Å². The van der Waals surface area contributed by atoms with E-state index in [1.165, 1.54) is 44.9 Å². The first-order chi connectivity index (χ1) is 9.29. The third-order valence-corrected chi connectivity index (χ3v) is 4.73. The van der Waals surface area contributed by atoms with Crippen molar-refractivity contribution in [2.75, 3.05) is 6.61 Å². The molecule has 1 aromatic carbocycles. The lowest BCUT2D eigenvalue weighted by molar-refractivity contribution is 0.153. The summed E-state index contributed by atoms with van der Waals surface area (Å²) in [5.41, 5.74) is 0. The van der Waals surface area contributed by atoms with Gasteiger partial charge in [-0.1, -0.05) is 67.4 Å². The molecule has 0 bridgehead atoms. The van der Waals surface area contributed by atoms with Crippen molar-refractivity contribution in [3.8, 4) is 5.75 Å². The number of benzene rings is 1. The van der Waals surface area contributed by atoms with Gasteiger partial charge in [-0.2, -0.15) is 0 Å². The van der Waals surface area contributed by atoms with Crippen molar-refractivity contribution in [3.05, 3.63) is 28.7 Å². The molecule has 0 saturated heterocycles. The number of halogens is 1. The zero-order valence-electron chi connectivity index (χ0n) is 11.9. The maximum atomic E-state index is 6.02. The molecule has 0 radical (unpaired) electrons. The summed E-state index contributed by atoms with van der Waals surface area (Å²) in [6, 6.07) is 8.19. The SMILES string of the molecule is CCCC(COc1cccc(Br)c1)C1CCCCC1. The van der Waals surface area contributed by atoms with Gasteiger partial charge in [0.15, 0.2) is 0 Å². The second-order valence-electron chi connectivity index (χ2n) is 5.72. The molecule has 1 aliphatic rings. The minimum atomic E-state index is 0.740. The highest BCUT2D eigenvalue weighted by molar-refractivity contribution is 9.10. The van der Waals surface area contributed by atoms with Gasteiger partial charge in [0.1, 0.15) is 5.75 Å². The van der Waals surface area contributed by atoms with Gasteiger partial charge in [0.05, 0.1) is 6.61 Å². The molecule has 2 heteroatoms. The Morgan fingerprint density at radius 3 is 2.74 bits per heavy atom. The van der Waals surface area contributed by atoms with Gasteiger partial charge in [-0.15, -0.1) is 0 Å². The molecule has 1 atom stereocenters. The van der Waals surface area contributed by atoms with Gasteiger partial charge in [0.2, 0.25) is 0 Å². The van der Waals surface area contributed by atoms with Gasteiger partial charge >= 0.3 is 0 Å². The van der Waals surface area contributed by atoms with Crippen molar-refractivity contribution in [3.63, 3.8) is 0 Å². The first-order valence-electron chi connectivity index (χ1n) is 7.68. The second-order valence-corrected chi connectivity index (χ2v) is 6.63. The minimum Gasteiger partial charge on any atom is -0.493 e. The van der Waals surface area contributed by atoms with Crippen LogP contribution in [0.2, 0.25) is 0 Å². The maximum absolute atomic E-state index is 6.02. The average Bonchev–Trinajstić information content (AvgIpc) is 2.44. The lowest BCUT2D eigenvalue weighted by Crippen LogP contribution is -2.23. The van der Waals surface area contributed by atoms with Crippen molar-refractivity contribution >= 4 is 15.9 Å². The molecule has 1 fully saturated rings. The van der Waals surface area contributed by atoms with Gasteiger partial charge < -0.3 is 4.74 Å². The fraction of sp³-hybridized carbons (Fsp3) is 0.647. The minimum absolute atomic E-state index is 0.740. The normalized spacial score (nSPS) is 18.2. The average molecular weight is 325 g/mol. The maximum Gasteiger partial charge on any atom is 0.120 e. The predicted molar refractivity (Wildman–Crippen MR) is 84.6 cm³/mol. The first kappa shape index (κ1) is 14.9. The number of hydrogen-bond donors (Lipinski definition) is 0. The van der Waals surface area contributed by atoms with Crippen LogP contribution in [0, 0.1) is 11.8 Å². The van der Waals surface area contributed by atoms with Gasteiger partial charge in [-0.25, -0.2) is 0 Å². The molecule has 0 N–H and O–H groups in total. The van der Waals surface area contributed by atoms with Gasteiger partial charge in [-0.05, 0) is 36.5 Å². The first-order valence-corrected chi connectivity index (χ1v) is 8.47. The molecule has 19 heavy (non-hydrogen) atoms. The van der Waals surface area contributed by atoms with Crippen LogP contribution < -0.4 is 4.74 Å². The van der Waals surface area contributed by atoms with E-state index in [9.17, 15) is 0 Å². The summed E-state index contributed by atoms with van der Waals surface area (Å²) in [5, 5.41) is 0. The zero-order chi connectivity index (χ0) is 13.5. The number of rotatable bonds is 6. The topological polar surface area (TPSA) is 9.23 Å². The molecule has 0 heterocycles. The van der Waals surface area contributed by atoms with Crippen LogP contribution in [0.4, 0.5) is 0 Å². The molecule has 0 amide bonds. The van der Waals surface area contributed by atoms with Crippen LogP contribution in [0.3, 0.4) is 0 Å². The Morgan fingerprint density at radius 1 is 1.26 bits per heavy atom. The highest BCUT2D eigenvalue weighted by atomic mass is 79.9. The monoisotopic (exact) mass is 324 g/mol. The van der Waals surface area contributed by atoms with E-state index in [1.54, 1.807) is 0 Å². The summed E-state index contributed by atoms with van der Waals surface area (Å²) < 4.78 is 7.12. The van der Waals surface area contributed by atoms with Gasteiger partial charge in [0, 0.05) is 4.47 Å². The largest absolute Gasteiger partial charge is 0.493 e. The Balaban J connectivity index is 1.89. The fourth-order valence-electron chi connectivity index (χ4n) is 3.19.